The van der Waals surface area contributed by atoms with Crippen molar-refractivity contribution in [2.24, 2.45) is 0 Å². The Morgan fingerprint density at radius 2 is 1.14 bits per heavy atom. The van der Waals surface area contributed by atoms with Crippen molar-refractivity contribution in [3.05, 3.63) is 0 Å². The lowest BCUT2D eigenvalue weighted by atomic mass is 10.1. The van der Waals surface area contributed by atoms with Gasteiger partial charge in [-0.2, -0.15) is 5.26 Å². The minimum absolute atomic E-state index is 0.228. The van der Waals surface area contributed by atoms with Crippen molar-refractivity contribution >= 4 is 18.3 Å². The Balaban J connectivity index is 0. The zero-order valence-electron chi connectivity index (χ0n) is 17.4. The lowest BCUT2D eigenvalue weighted by molar-refractivity contribution is -0.348. The van der Waals surface area contributed by atoms with E-state index < -0.39 is 18.3 Å². The summed E-state index contributed by atoms with van der Waals surface area (Å²) in [6.45, 7) is 6.58. The standard InChI is InChI=1S/C16H32O5.C2H2O6/c1-16(2,3)21-19-14-12-10-8-6-4-5-7-9-11-13-15(17)20-18;3-1(4)7-8-2(5)6/h18H,4-14H2,1-3H3;(H,3,4)(H,5,6). The smallest absolute Gasteiger partial charge is 0.447 e. The molecular weight excluding hydrogens is 392 g/mol. The van der Waals surface area contributed by atoms with Crippen LogP contribution in [-0.2, 0) is 29.2 Å². The third kappa shape index (κ3) is 30.8. The van der Waals surface area contributed by atoms with E-state index in [1.165, 1.54) is 32.1 Å². The van der Waals surface area contributed by atoms with Crippen molar-refractivity contribution < 1.29 is 54.3 Å². The van der Waals surface area contributed by atoms with Gasteiger partial charge in [-0.1, -0.05) is 44.9 Å². The second-order valence-corrected chi connectivity index (χ2v) is 7.11. The minimum Gasteiger partial charge on any atom is -0.447 e. The molecule has 0 saturated carbocycles. The van der Waals surface area contributed by atoms with Gasteiger partial charge < -0.3 is 15.1 Å². The number of carbonyl (C=O) groups excluding carboxylic acids is 1. The molecule has 0 saturated heterocycles. The molecule has 29 heavy (non-hydrogen) atoms. The van der Waals surface area contributed by atoms with E-state index in [2.05, 4.69) is 14.7 Å². The fraction of sp³-hybridized carbons (Fsp3) is 0.833. The van der Waals surface area contributed by atoms with Gasteiger partial charge in [0.1, 0.15) is 0 Å². The molecule has 0 aromatic heterocycles. The van der Waals surface area contributed by atoms with Gasteiger partial charge in [0.15, 0.2) is 0 Å². The van der Waals surface area contributed by atoms with Gasteiger partial charge in [0.25, 0.3) is 0 Å². The Hall–Kier alpha value is -2.11. The van der Waals surface area contributed by atoms with E-state index in [-0.39, 0.29) is 5.60 Å². The first-order valence-electron chi connectivity index (χ1n) is 9.53. The topological polar surface area (TPSA) is 158 Å². The van der Waals surface area contributed by atoms with Crippen molar-refractivity contribution in [1.29, 1.82) is 0 Å². The van der Waals surface area contributed by atoms with E-state index in [4.69, 9.17) is 25.2 Å². The molecule has 0 aromatic rings. The summed E-state index contributed by atoms with van der Waals surface area (Å²) in [5.41, 5.74) is -0.228. The molecule has 0 radical (unpaired) electrons. The highest BCUT2D eigenvalue weighted by molar-refractivity contribution is 5.68. The number of carbonyl (C=O) groups is 3. The Labute approximate surface area is 170 Å². The summed E-state index contributed by atoms with van der Waals surface area (Å²) in [6, 6.07) is 0. The van der Waals surface area contributed by atoms with Gasteiger partial charge in [-0.25, -0.2) is 33.9 Å². The lowest BCUT2D eigenvalue weighted by Gasteiger charge is -2.17. The molecule has 0 aliphatic rings. The highest BCUT2D eigenvalue weighted by Gasteiger charge is 2.10. The summed E-state index contributed by atoms with van der Waals surface area (Å²) in [5, 5.41) is 23.2. The van der Waals surface area contributed by atoms with Crippen LogP contribution in [0.5, 0.6) is 0 Å². The fourth-order valence-electron chi connectivity index (χ4n) is 2.00. The highest BCUT2D eigenvalue weighted by Crippen LogP contribution is 2.12. The lowest BCUT2D eigenvalue weighted by Crippen LogP contribution is -2.19. The van der Waals surface area contributed by atoms with Crippen LogP contribution in [0.4, 0.5) is 9.59 Å². The first-order valence-corrected chi connectivity index (χ1v) is 9.53. The highest BCUT2D eigenvalue weighted by atomic mass is 17.2. The zero-order valence-corrected chi connectivity index (χ0v) is 17.4. The van der Waals surface area contributed by atoms with Gasteiger partial charge in [-0.05, 0) is 33.6 Å². The molecule has 0 rings (SSSR count). The van der Waals surface area contributed by atoms with Crippen LogP contribution < -0.4 is 0 Å². The molecule has 3 N–H and O–H groups in total. The molecule has 0 unspecified atom stereocenters. The Morgan fingerprint density at radius 1 is 0.724 bits per heavy atom. The van der Waals surface area contributed by atoms with E-state index in [1.807, 2.05) is 20.8 Å². The van der Waals surface area contributed by atoms with Crippen LogP contribution >= 0.6 is 0 Å². The molecular formula is C18H34O11. The maximum atomic E-state index is 10.7. The fourth-order valence-corrected chi connectivity index (χ4v) is 2.00. The van der Waals surface area contributed by atoms with Crippen LogP contribution in [0.25, 0.3) is 0 Å². The van der Waals surface area contributed by atoms with Gasteiger partial charge >= 0.3 is 18.3 Å². The molecule has 0 fully saturated rings. The van der Waals surface area contributed by atoms with E-state index in [0.29, 0.717) is 13.0 Å². The van der Waals surface area contributed by atoms with E-state index in [0.717, 1.165) is 25.7 Å². The Bertz CT molecular complexity index is 418. The number of hydrogen-bond acceptors (Lipinski definition) is 9. The molecule has 11 nitrogen and oxygen atoms in total. The average molecular weight is 426 g/mol. The number of hydrogen-bond donors (Lipinski definition) is 3. The summed E-state index contributed by atoms with van der Waals surface area (Å²) in [6.07, 6.45) is 6.82. The second kappa shape index (κ2) is 19.2. The molecule has 0 atom stereocenters. The second-order valence-electron chi connectivity index (χ2n) is 7.11. The van der Waals surface area contributed by atoms with E-state index >= 15 is 0 Å². The van der Waals surface area contributed by atoms with Gasteiger partial charge in [0, 0.05) is 6.42 Å². The molecule has 0 spiro atoms. The summed E-state index contributed by atoms with van der Waals surface area (Å²) < 4.78 is 0. The van der Waals surface area contributed by atoms with E-state index in [1.54, 1.807) is 0 Å². The van der Waals surface area contributed by atoms with Crippen LogP contribution in [-0.4, -0.2) is 46.0 Å². The molecule has 0 aliphatic heterocycles. The largest absolute Gasteiger partial charge is 0.547 e. The molecule has 172 valence electrons. The zero-order chi connectivity index (χ0) is 22.5. The molecule has 11 heteroatoms. The summed E-state index contributed by atoms with van der Waals surface area (Å²) >= 11 is 0. The van der Waals surface area contributed by atoms with Crippen molar-refractivity contribution in [2.45, 2.75) is 90.6 Å². The van der Waals surface area contributed by atoms with Gasteiger partial charge in [-0.15, -0.1) is 0 Å². The maximum absolute atomic E-state index is 10.7. The Morgan fingerprint density at radius 3 is 1.52 bits per heavy atom. The van der Waals surface area contributed by atoms with Crippen LogP contribution in [0, 0.1) is 0 Å². The van der Waals surface area contributed by atoms with Crippen molar-refractivity contribution in [3.63, 3.8) is 0 Å². The maximum Gasteiger partial charge on any atom is 0.547 e. The molecule has 0 aliphatic carbocycles. The van der Waals surface area contributed by atoms with Gasteiger partial charge in [0.05, 0.1) is 12.2 Å². The molecule has 0 amide bonds. The molecule has 0 aromatic carbocycles. The minimum atomic E-state index is -1.80. The number of carboxylic acid groups (broad SMARTS) is 2. The van der Waals surface area contributed by atoms with Gasteiger partial charge in [0.2, 0.25) is 0 Å². The quantitative estimate of drug-likeness (QED) is 0.208. The van der Waals surface area contributed by atoms with Crippen molar-refractivity contribution in [3.8, 4) is 0 Å². The summed E-state index contributed by atoms with van der Waals surface area (Å²) in [7, 11) is 0. The van der Waals surface area contributed by atoms with Crippen LogP contribution in [0.2, 0.25) is 0 Å². The molecule has 0 bridgehead atoms. The SMILES string of the molecule is CC(C)(C)OOCCCCCCCCCCCC(=O)OO.O=C(O)OOC(=O)O. The Kier molecular flexibility index (Phi) is 19.3. The van der Waals surface area contributed by atoms with Crippen LogP contribution in [0.1, 0.15) is 85.0 Å². The summed E-state index contributed by atoms with van der Waals surface area (Å²) in [5.74, 6) is -0.535. The third-order valence-corrected chi connectivity index (χ3v) is 3.20. The monoisotopic (exact) mass is 426 g/mol. The predicted octanol–water partition coefficient (Wildman–Crippen LogP) is 4.94. The first-order chi connectivity index (χ1) is 13.6. The van der Waals surface area contributed by atoms with Crippen LogP contribution in [0.15, 0.2) is 0 Å². The summed E-state index contributed by atoms with van der Waals surface area (Å²) in [4.78, 5) is 49.4. The van der Waals surface area contributed by atoms with E-state index in [9.17, 15) is 14.4 Å². The predicted molar refractivity (Wildman–Crippen MR) is 99.9 cm³/mol. The third-order valence-electron chi connectivity index (χ3n) is 3.20. The number of unbranched alkanes of at least 4 members (excludes halogenated alkanes) is 8. The normalized spacial score (nSPS) is 10.5. The van der Waals surface area contributed by atoms with Crippen LogP contribution in [0.3, 0.4) is 0 Å². The molecule has 0 heterocycles. The van der Waals surface area contributed by atoms with Crippen molar-refractivity contribution in [1.82, 2.24) is 0 Å². The average Bonchev–Trinajstić information content (AvgIpc) is 2.63. The first kappa shape index (κ1) is 29.1. The number of rotatable bonds is 13. The van der Waals surface area contributed by atoms with Crippen molar-refractivity contribution in [2.75, 3.05) is 6.61 Å². The van der Waals surface area contributed by atoms with Gasteiger partial charge in [-0.3, -0.25) is 0 Å².